The first kappa shape index (κ1) is 23.1. The SMILES string of the molecule is CN1OCCOCCCOc2ccccc2NC(=O)c2nc(cnc2N)-c2ccc(cc2)C1=O. The van der Waals surface area contributed by atoms with Crippen LogP contribution < -0.4 is 15.8 Å². The lowest BCUT2D eigenvalue weighted by atomic mass is 10.1. The molecule has 3 heterocycles. The van der Waals surface area contributed by atoms with E-state index < -0.39 is 5.91 Å². The van der Waals surface area contributed by atoms with E-state index in [4.69, 9.17) is 20.0 Å². The maximum absolute atomic E-state index is 13.0. The molecule has 2 amide bonds. The third-order valence-electron chi connectivity index (χ3n) is 5.07. The lowest BCUT2D eigenvalue weighted by Crippen LogP contribution is -2.28. The van der Waals surface area contributed by atoms with Gasteiger partial charge in [0, 0.05) is 31.2 Å². The van der Waals surface area contributed by atoms with Crippen LogP contribution in [0.5, 0.6) is 5.75 Å². The molecule has 1 aromatic heterocycles. The number of fused-ring (bicyclic) bond motifs is 12. The largest absolute Gasteiger partial charge is 0.491 e. The summed E-state index contributed by atoms with van der Waals surface area (Å²) in [6.07, 6.45) is 2.11. The Morgan fingerprint density at radius 2 is 1.74 bits per heavy atom. The van der Waals surface area contributed by atoms with Gasteiger partial charge in [-0.25, -0.2) is 15.0 Å². The lowest BCUT2D eigenvalue weighted by Gasteiger charge is -2.17. The van der Waals surface area contributed by atoms with Gasteiger partial charge in [0.05, 0.1) is 37.4 Å². The van der Waals surface area contributed by atoms with Gasteiger partial charge in [-0.3, -0.25) is 14.4 Å². The van der Waals surface area contributed by atoms with Gasteiger partial charge >= 0.3 is 0 Å². The van der Waals surface area contributed by atoms with Gasteiger partial charge < -0.3 is 20.5 Å². The van der Waals surface area contributed by atoms with Crippen LogP contribution in [0.3, 0.4) is 0 Å². The zero-order valence-electron chi connectivity index (χ0n) is 18.7. The van der Waals surface area contributed by atoms with Gasteiger partial charge in [-0.2, -0.15) is 0 Å². The molecule has 5 rings (SSSR count). The van der Waals surface area contributed by atoms with Crippen LogP contribution in [0.2, 0.25) is 0 Å². The Hall–Kier alpha value is -4.02. The number of nitrogens with two attached hydrogens (primary N) is 1. The fourth-order valence-corrected chi connectivity index (χ4v) is 3.28. The Balaban J connectivity index is 1.65. The summed E-state index contributed by atoms with van der Waals surface area (Å²) in [4.78, 5) is 39.6. The van der Waals surface area contributed by atoms with Crippen molar-refractivity contribution in [3.05, 3.63) is 66.0 Å². The fraction of sp³-hybridized carbons (Fsp3) is 0.250. The summed E-state index contributed by atoms with van der Waals surface area (Å²) in [5.74, 6) is -0.293. The second-order valence-corrected chi connectivity index (χ2v) is 7.47. The predicted molar refractivity (Wildman–Crippen MR) is 125 cm³/mol. The van der Waals surface area contributed by atoms with Crippen LogP contribution in [0.4, 0.5) is 11.5 Å². The summed E-state index contributed by atoms with van der Waals surface area (Å²) >= 11 is 0. The van der Waals surface area contributed by atoms with Crippen LogP contribution in [0.1, 0.15) is 27.3 Å². The van der Waals surface area contributed by atoms with Crippen molar-refractivity contribution in [3.63, 3.8) is 0 Å². The molecule has 0 spiro atoms. The van der Waals surface area contributed by atoms with Crippen molar-refractivity contribution >= 4 is 23.3 Å². The highest BCUT2D eigenvalue weighted by molar-refractivity contribution is 6.06. The maximum Gasteiger partial charge on any atom is 0.278 e. The van der Waals surface area contributed by atoms with Gasteiger partial charge in [-0.05, 0) is 24.3 Å². The van der Waals surface area contributed by atoms with Crippen molar-refractivity contribution in [1.82, 2.24) is 15.0 Å². The molecule has 10 nitrogen and oxygen atoms in total. The van der Waals surface area contributed by atoms with Gasteiger partial charge in [0.2, 0.25) is 0 Å². The zero-order valence-corrected chi connectivity index (χ0v) is 18.7. The van der Waals surface area contributed by atoms with Crippen molar-refractivity contribution in [2.24, 2.45) is 0 Å². The number of amides is 2. The minimum atomic E-state index is -0.511. The van der Waals surface area contributed by atoms with Crippen LogP contribution in [0.25, 0.3) is 11.3 Å². The monoisotopic (exact) mass is 463 g/mol. The molecule has 2 aromatic carbocycles. The van der Waals surface area contributed by atoms with E-state index in [1.54, 1.807) is 49.5 Å². The summed E-state index contributed by atoms with van der Waals surface area (Å²) in [7, 11) is 1.55. The summed E-state index contributed by atoms with van der Waals surface area (Å²) in [5, 5.41) is 3.97. The van der Waals surface area contributed by atoms with Crippen LogP contribution in [0, 0.1) is 0 Å². The number of carbonyl (C=O) groups excluding carboxylic acids is 2. The first-order chi connectivity index (χ1) is 16.5. The van der Waals surface area contributed by atoms with Crippen molar-refractivity contribution in [1.29, 1.82) is 0 Å². The molecule has 0 saturated heterocycles. The smallest absolute Gasteiger partial charge is 0.278 e. The Bertz CT molecular complexity index is 1170. The number of hydrogen-bond acceptors (Lipinski definition) is 8. The minimum absolute atomic E-state index is 0.000705. The number of hydrogen-bond donors (Lipinski definition) is 2. The van der Waals surface area contributed by atoms with Crippen molar-refractivity contribution in [2.75, 3.05) is 44.5 Å². The number of hydroxylamine groups is 2. The normalized spacial score (nSPS) is 15.6. The molecular formula is C24H25N5O5. The van der Waals surface area contributed by atoms with Crippen molar-refractivity contribution in [3.8, 4) is 17.0 Å². The Morgan fingerprint density at radius 3 is 2.56 bits per heavy atom. The Kier molecular flexibility index (Phi) is 7.31. The highest BCUT2D eigenvalue weighted by Gasteiger charge is 2.18. The van der Waals surface area contributed by atoms with Gasteiger partial charge in [-0.15, -0.1) is 0 Å². The molecule has 0 radical (unpaired) electrons. The van der Waals surface area contributed by atoms with Gasteiger partial charge in [0.25, 0.3) is 11.8 Å². The quantitative estimate of drug-likeness (QED) is 0.521. The molecule has 0 aliphatic carbocycles. The Labute approximate surface area is 196 Å². The number of aromatic nitrogens is 2. The highest BCUT2D eigenvalue weighted by Crippen LogP contribution is 2.26. The number of anilines is 2. The number of nitrogen functional groups attached to an aromatic ring is 1. The Morgan fingerprint density at radius 1 is 0.971 bits per heavy atom. The minimum Gasteiger partial charge on any atom is -0.491 e. The summed E-state index contributed by atoms with van der Waals surface area (Å²) < 4.78 is 11.4. The van der Waals surface area contributed by atoms with Gasteiger partial charge in [0.1, 0.15) is 5.75 Å². The maximum atomic E-state index is 13.0. The molecule has 3 aromatic rings. The average Bonchev–Trinajstić information content (AvgIpc) is 2.85. The molecule has 0 saturated carbocycles. The molecule has 3 N–H and O–H groups in total. The van der Waals surface area contributed by atoms with E-state index in [0.29, 0.717) is 54.5 Å². The third-order valence-corrected chi connectivity index (χ3v) is 5.07. The summed E-state index contributed by atoms with van der Waals surface area (Å²) in [5.41, 5.74) is 7.97. The second kappa shape index (κ2) is 10.7. The van der Waals surface area contributed by atoms with Crippen LogP contribution >= 0.6 is 0 Å². The van der Waals surface area contributed by atoms with E-state index in [9.17, 15) is 9.59 Å². The van der Waals surface area contributed by atoms with E-state index >= 15 is 0 Å². The predicted octanol–water partition coefficient (Wildman–Crippen LogP) is 2.78. The van der Waals surface area contributed by atoms with Crippen molar-refractivity contribution < 1.29 is 23.9 Å². The van der Waals surface area contributed by atoms with Gasteiger partial charge in [0.15, 0.2) is 11.5 Å². The van der Waals surface area contributed by atoms with Crippen LogP contribution in [-0.4, -0.2) is 60.3 Å². The van der Waals surface area contributed by atoms with E-state index in [1.807, 2.05) is 6.07 Å². The zero-order chi connectivity index (χ0) is 23.9. The molecular weight excluding hydrogens is 438 g/mol. The third kappa shape index (κ3) is 5.48. The molecule has 0 unspecified atom stereocenters. The number of benzene rings is 2. The number of ether oxygens (including phenoxy) is 2. The first-order valence-electron chi connectivity index (χ1n) is 10.8. The number of rotatable bonds is 0. The van der Waals surface area contributed by atoms with Gasteiger partial charge in [-0.1, -0.05) is 24.3 Å². The molecule has 34 heavy (non-hydrogen) atoms. The topological polar surface area (TPSA) is 129 Å². The summed E-state index contributed by atoms with van der Waals surface area (Å²) in [6.45, 7) is 1.41. The molecule has 4 bridgehead atoms. The van der Waals surface area contributed by atoms with E-state index in [0.717, 1.165) is 0 Å². The number of nitrogens with zero attached hydrogens (tertiary/aromatic N) is 3. The lowest BCUT2D eigenvalue weighted by molar-refractivity contribution is -0.120. The highest BCUT2D eigenvalue weighted by atomic mass is 16.7. The molecule has 0 atom stereocenters. The molecule has 176 valence electrons. The average molecular weight is 463 g/mol. The van der Waals surface area contributed by atoms with E-state index in [-0.39, 0.29) is 24.0 Å². The van der Waals surface area contributed by atoms with E-state index in [2.05, 4.69) is 15.3 Å². The van der Waals surface area contributed by atoms with E-state index in [1.165, 1.54) is 11.3 Å². The number of carbonyl (C=O) groups is 2. The van der Waals surface area contributed by atoms with Crippen LogP contribution in [-0.2, 0) is 9.57 Å². The first-order valence-corrected chi connectivity index (χ1v) is 10.8. The molecule has 2 aliphatic rings. The number of nitrogens with one attached hydrogen (secondary N) is 1. The van der Waals surface area contributed by atoms with Crippen LogP contribution in [0.15, 0.2) is 54.7 Å². The fourth-order valence-electron chi connectivity index (χ4n) is 3.28. The molecule has 0 fully saturated rings. The summed E-state index contributed by atoms with van der Waals surface area (Å²) in [6, 6.07) is 13.9. The number of para-hydroxylation sites is 2. The van der Waals surface area contributed by atoms with Crippen molar-refractivity contribution in [2.45, 2.75) is 6.42 Å². The molecule has 10 heteroatoms. The molecule has 2 aliphatic heterocycles. The standard InChI is InChI=1S/C24H25N5O5/c1-29-24(31)17-9-7-16(8-10-17)19-15-26-22(25)21(27-19)23(30)28-18-5-2-3-6-20(18)33-12-4-11-32-13-14-34-29/h2-3,5-10,15H,4,11-14H2,1H3,(H2,25,26)(H,28,30). The second-order valence-electron chi connectivity index (χ2n) is 7.47.